The highest BCUT2D eigenvalue weighted by molar-refractivity contribution is 5.93. The van der Waals surface area contributed by atoms with Crippen LogP contribution in [0.3, 0.4) is 0 Å². The summed E-state index contributed by atoms with van der Waals surface area (Å²) >= 11 is 0. The average Bonchev–Trinajstić information content (AvgIpc) is 2.53. The highest BCUT2D eigenvalue weighted by atomic mass is 19.1. The van der Waals surface area contributed by atoms with E-state index >= 15 is 0 Å². The molecule has 0 spiro atoms. The van der Waals surface area contributed by atoms with Crippen LogP contribution in [0.5, 0.6) is 11.6 Å². The summed E-state index contributed by atoms with van der Waals surface area (Å²) in [4.78, 5) is 19.4. The van der Waals surface area contributed by atoms with E-state index in [1.54, 1.807) is 0 Å². The van der Waals surface area contributed by atoms with Gasteiger partial charge in [-0.05, 0) is 40.0 Å². The molecule has 3 rings (SSSR count). The molecule has 24 heavy (non-hydrogen) atoms. The highest BCUT2D eigenvalue weighted by Gasteiger charge is 2.28. The van der Waals surface area contributed by atoms with Crippen LogP contribution in [0.15, 0.2) is 6.07 Å². The molecule has 7 nitrogen and oxygen atoms in total. The Balaban J connectivity index is 1.73. The molecule has 3 heterocycles. The molecule has 2 aliphatic heterocycles. The first kappa shape index (κ1) is 16.9. The quantitative estimate of drug-likeness (QED) is 0.729. The number of aromatic nitrogens is 1. The van der Waals surface area contributed by atoms with Gasteiger partial charge in [-0.3, -0.25) is 14.6 Å². The van der Waals surface area contributed by atoms with Crippen molar-refractivity contribution >= 4 is 5.91 Å². The van der Waals surface area contributed by atoms with Gasteiger partial charge in [-0.25, -0.2) is 0 Å². The van der Waals surface area contributed by atoms with Gasteiger partial charge in [-0.1, -0.05) is 0 Å². The number of pyridine rings is 1. The molecule has 2 atom stereocenters. The number of nitrogens with two attached hydrogens (primary N) is 1. The summed E-state index contributed by atoms with van der Waals surface area (Å²) < 4.78 is 25.4. The van der Waals surface area contributed by atoms with E-state index in [0.29, 0.717) is 19.3 Å². The zero-order valence-corrected chi connectivity index (χ0v) is 14.0. The van der Waals surface area contributed by atoms with Gasteiger partial charge < -0.3 is 15.2 Å². The number of hydrogen-bond acceptors (Lipinski definition) is 6. The lowest BCUT2D eigenvalue weighted by molar-refractivity contribution is 0.0641. The van der Waals surface area contributed by atoms with E-state index in [1.807, 2.05) is 14.1 Å². The van der Waals surface area contributed by atoms with Gasteiger partial charge in [-0.15, -0.1) is 0 Å². The molecule has 2 aliphatic rings. The Bertz CT molecular complexity index is 628. The first-order valence-corrected chi connectivity index (χ1v) is 8.12. The molecule has 0 aliphatic carbocycles. The van der Waals surface area contributed by atoms with E-state index in [1.165, 1.54) is 6.07 Å². The van der Waals surface area contributed by atoms with Gasteiger partial charge in [0.05, 0.1) is 5.56 Å². The van der Waals surface area contributed by atoms with Gasteiger partial charge in [0, 0.05) is 18.2 Å². The van der Waals surface area contributed by atoms with Crippen LogP contribution in [-0.4, -0.2) is 73.2 Å². The minimum atomic E-state index is -0.937. The third kappa shape index (κ3) is 3.44. The van der Waals surface area contributed by atoms with Crippen molar-refractivity contribution in [3.63, 3.8) is 0 Å². The zero-order chi connectivity index (χ0) is 17.3. The summed E-state index contributed by atoms with van der Waals surface area (Å²) in [5.74, 6) is -1.49. The van der Waals surface area contributed by atoms with E-state index in [-0.39, 0.29) is 23.2 Å². The molecule has 8 heteroatoms. The van der Waals surface area contributed by atoms with Gasteiger partial charge in [0.15, 0.2) is 5.75 Å². The lowest BCUT2D eigenvalue weighted by Gasteiger charge is -2.38. The number of halogens is 1. The predicted molar refractivity (Wildman–Crippen MR) is 85.8 cm³/mol. The molecule has 132 valence electrons. The standard InChI is InChI=1S/C16H23FN4O3/c1-20-5-3-10(20)8-23-13-7-12(15(18)22)14(17)19-16(13)24-9-11-4-6-21(11)2/h7,10-11H,3-6,8-9H2,1-2H3,(H2,18,22)/t10-,11-/m0/s1. The largest absolute Gasteiger partial charge is 0.486 e. The smallest absolute Gasteiger partial charge is 0.259 e. The fraction of sp³-hybridized carbons (Fsp3) is 0.625. The Morgan fingerprint density at radius 2 is 1.83 bits per heavy atom. The van der Waals surface area contributed by atoms with Crippen molar-refractivity contribution in [2.45, 2.75) is 24.9 Å². The number of carbonyl (C=O) groups is 1. The molecular weight excluding hydrogens is 315 g/mol. The number of rotatable bonds is 7. The van der Waals surface area contributed by atoms with Gasteiger partial charge in [-0.2, -0.15) is 9.37 Å². The number of amides is 1. The van der Waals surface area contributed by atoms with Crippen LogP contribution in [0.2, 0.25) is 0 Å². The Morgan fingerprint density at radius 3 is 2.29 bits per heavy atom. The molecule has 0 unspecified atom stereocenters. The van der Waals surface area contributed by atoms with E-state index in [4.69, 9.17) is 15.2 Å². The maximum Gasteiger partial charge on any atom is 0.259 e. The van der Waals surface area contributed by atoms with E-state index in [2.05, 4.69) is 14.8 Å². The number of primary amides is 1. The lowest BCUT2D eigenvalue weighted by Crippen LogP contribution is -2.48. The van der Waals surface area contributed by atoms with Gasteiger partial charge in [0.25, 0.3) is 11.8 Å². The third-order valence-electron chi connectivity index (χ3n) is 4.89. The van der Waals surface area contributed by atoms with Crippen LogP contribution >= 0.6 is 0 Å². The molecule has 2 N–H and O–H groups in total. The highest BCUT2D eigenvalue weighted by Crippen LogP contribution is 2.29. The second kappa shape index (κ2) is 6.90. The van der Waals surface area contributed by atoms with Gasteiger partial charge in [0.1, 0.15) is 13.2 Å². The van der Waals surface area contributed by atoms with Crippen LogP contribution in [-0.2, 0) is 0 Å². The molecule has 2 saturated heterocycles. The van der Waals surface area contributed by atoms with E-state index in [9.17, 15) is 9.18 Å². The second-order valence-corrected chi connectivity index (χ2v) is 6.46. The van der Waals surface area contributed by atoms with Crippen molar-refractivity contribution in [1.82, 2.24) is 14.8 Å². The van der Waals surface area contributed by atoms with E-state index in [0.717, 1.165) is 25.9 Å². The SMILES string of the molecule is CN1CC[C@H]1COc1cc(C(N)=O)c(F)nc1OC[C@@H]1CCN1C. The average molecular weight is 338 g/mol. The first-order valence-electron chi connectivity index (χ1n) is 8.12. The predicted octanol–water partition coefficient (Wildman–Crippen LogP) is 0.485. The molecule has 0 saturated carbocycles. The Kier molecular flexibility index (Phi) is 4.86. The van der Waals surface area contributed by atoms with Crippen molar-refractivity contribution in [2.75, 3.05) is 40.4 Å². The summed E-state index contributed by atoms with van der Waals surface area (Å²) in [7, 11) is 4.02. The fourth-order valence-electron chi connectivity index (χ4n) is 2.76. The van der Waals surface area contributed by atoms with Crippen molar-refractivity contribution in [3.05, 3.63) is 17.6 Å². The molecule has 2 fully saturated rings. The van der Waals surface area contributed by atoms with Crippen LogP contribution < -0.4 is 15.2 Å². The second-order valence-electron chi connectivity index (χ2n) is 6.46. The Labute approximate surface area is 140 Å². The Hall–Kier alpha value is -1.93. The van der Waals surface area contributed by atoms with Crippen LogP contribution in [0, 0.1) is 5.95 Å². The summed E-state index contributed by atoms with van der Waals surface area (Å²) in [6, 6.07) is 1.87. The molecule has 0 radical (unpaired) electrons. The van der Waals surface area contributed by atoms with Crippen molar-refractivity contribution in [1.29, 1.82) is 0 Å². The third-order valence-corrected chi connectivity index (χ3v) is 4.89. The monoisotopic (exact) mass is 338 g/mol. The minimum absolute atomic E-state index is 0.0692. The number of likely N-dealkylation sites (N-methyl/N-ethyl adjacent to an activating group) is 2. The fourth-order valence-corrected chi connectivity index (χ4v) is 2.76. The van der Waals surface area contributed by atoms with Crippen molar-refractivity contribution in [3.8, 4) is 11.6 Å². The number of nitrogens with zero attached hydrogens (tertiary/aromatic N) is 3. The summed E-state index contributed by atoms with van der Waals surface area (Å²) in [5.41, 5.74) is 4.90. The maximum atomic E-state index is 13.9. The maximum absolute atomic E-state index is 13.9. The topological polar surface area (TPSA) is 80.9 Å². The normalized spacial score (nSPS) is 24.1. The molecule has 1 aromatic rings. The summed E-state index contributed by atoms with van der Waals surface area (Å²) in [6.45, 7) is 2.88. The molecule has 1 aromatic heterocycles. The minimum Gasteiger partial charge on any atom is -0.486 e. The van der Waals surface area contributed by atoms with Crippen LogP contribution in [0.25, 0.3) is 0 Å². The Morgan fingerprint density at radius 1 is 1.25 bits per heavy atom. The number of hydrogen-bond donors (Lipinski definition) is 1. The molecule has 0 aromatic carbocycles. The summed E-state index contributed by atoms with van der Waals surface area (Å²) in [6.07, 6.45) is 2.07. The first-order chi connectivity index (χ1) is 11.5. The van der Waals surface area contributed by atoms with Gasteiger partial charge in [0.2, 0.25) is 5.95 Å². The van der Waals surface area contributed by atoms with Crippen LogP contribution in [0.1, 0.15) is 23.2 Å². The number of carbonyl (C=O) groups excluding carboxylic acids is 1. The number of ether oxygens (including phenoxy) is 2. The van der Waals surface area contributed by atoms with Crippen molar-refractivity contribution in [2.24, 2.45) is 5.73 Å². The number of likely N-dealkylation sites (tertiary alicyclic amines) is 2. The zero-order valence-electron chi connectivity index (χ0n) is 14.0. The molecular formula is C16H23FN4O3. The lowest BCUT2D eigenvalue weighted by atomic mass is 10.1. The van der Waals surface area contributed by atoms with E-state index < -0.39 is 11.9 Å². The van der Waals surface area contributed by atoms with Gasteiger partial charge >= 0.3 is 0 Å². The molecule has 1 amide bonds. The molecule has 0 bridgehead atoms. The van der Waals surface area contributed by atoms with Crippen LogP contribution in [0.4, 0.5) is 4.39 Å². The van der Waals surface area contributed by atoms with Crippen molar-refractivity contribution < 1.29 is 18.7 Å². The summed E-state index contributed by atoms with van der Waals surface area (Å²) in [5, 5.41) is 0.